The lowest BCUT2D eigenvalue weighted by molar-refractivity contribution is -0.134. The van der Waals surface area contributed by atoms with Crippen molar-refractivity contribution in [1.29, 1.82) is 0 Å². The van der Waals surface area contributed by atoms with E-state index in [2.05, 4.69) is 20.6 Å². The van der Waals surface area contributed by atoms with Crippen LogP contribution in [-0.4, -0.2) is 60.1 Å². The molecule has 1 heterocycles. The van der Waals surface area contributed by atoms with Crippen molar-refractivity contribution in [3.63, 3.8) is 0 Å². The van der Waals surface area contributed by atoms with Gasteiger partial charge in [0.15, 0.2) is 0 Å². The number of ether oxygens (including phenoxy) is 2. The van der Waals surface area contributed by atoms with Crippen molar-refractivity contribution in [2.45, 2.75) is 26.3 Å². The minimum Gasteiger partial charge on any atom is -0.491 e. The number of carbonyl (C=O) groups excluding carboxylic acids is 2. The number of aromatic nitrogens is 2. The Balaban J connectivity index is 1.68. The smallest absolute Gasteiger partial charge is 0.233 e. The number of hydrogen-bond donors (Lipinski definition) is 2. The summed E-state index contributed by atoms with van der Waals surface area (Å²) in [4.78, 5) is 34.1. The minimum absolute atomic E-state index is 0.0168. The number of nitrogens with zero attached hydrogens (tertiary/aromatic N) is 3. The van der Waals surface area contributed by atoms with Crippen molar-refractivity contribution >= 4 is 39.9 Å². The van der Waals surface area contributed by atoms with Crippen LogP contribution >= 0.6 is 0 Å². The third-order valence-corrected chi connectivity index (χ3v) is 5.13. The average Bonchev–Trinajstić information content (AvgIpc) is 2.79. The second-order valence-electron chi connectivity index (χ2n) is 7.89. The SMILES string of the molecule is COCCOc1cc(F)c2c(Nc3ccc(NC(=O)CC(=O)N(C)C(C)C)cc3)ncnc2c1. The highest BCUT2D eigenvalue weighted by molar-refractivity contribution is 6.03. The molecule has 3 rings (SSSR count). The molecule has 9 nitrogen and oxygen atoms in total. The Hall–Kier alpha value is -3.79. The maximum absolute atomic E-state index is 14.8. The van der Waals surface area contributed by atoms with Gasteiger partial charge in [-0.15, -0.1) is 0 Å². The quantitative estimate of drug-likeness (QED) is 0.344. The molecule has 2 aromatic carbocycles. The second kappa shape index (κ2) is 11.4. The van der Waals surface area contributed by atoms with Gasteiger partial charge in [0.05, 0.1) is 17.5 Å². The molecule has 180 valence electrons. The van der Waals surface area contributed by atoms with E-state index in [9.17, 15) is 14.0 Å². The summed E-state index contributed by atoms with van der Waals surface area (Å²) in [5.74, 6) is -0.524. The number of fused-ring (bicyclic) bond motifs is 1. The molecule has 0 saturated heterocycles. The summed E-state index contributed by atoms with van der Waals surface area (Å²) in [7, 11) is 3.22. The first kappa shape index (κ1) is 24.8. The summed E-state index contributed by atoms with van der Waals surface area (Å²) in [6, 6.07) is 9.72. The number of hydrogen-bond acceptors (Lipinski definition) is 7. The molecule has 0 aliphatic heterocycles. The Kier molecular flexibility index (Phi) is 8.31. The first-order chi connectivity index (χ1) is 16.3. The Morgan fingerprint density at radius 3 is 2.47 bits per heavy atom. The normalized spacial score (nSPS) is 10.9. The number of methoxy groups -OCH3 is 1. The van der Waals surface area contributed by atoms with Gasteiger partial charge in [-0.1, -0.05) is 0 Å². The first-order valence-corrected chi connectivity index (χ1v) is 10.8. The highest BCUT2D eigenvalue weighted by Crippen LogP contribution is 2.29. The number of halogens is 1. The topological polar surface area (TPSA) is 106 Å². The van der Waals surface area contributed by atoms with E-state index in [4.69, 9.17) is 9.47 Å². The minimum atomic E-state index is -0.520. The largest absolute Gasteiger partial charge is 0.491 e. The predicted octanol–water partition coefficient (Wildman–Crippen LogP) is 3.73. The van der Waals surface area contributed by atoms with Crippen LogP contribution in [0.3, 0.4) is 0 Å². The lowest BCUT2D eigenvalue weighted by Gasteiger charge is -2.21. The summed E-state index contributed by atoms with van der Waals surface area (Å²) in [6.07, 6.45) is 1.10. The van der Waals surface area contributed by atoms with Crippen LogP contribution in [0.15, 0.2) is 42.7 Å². The van der Waals surface area contributed by atoms with Crippen LogP contribution in [-0.2, 0) is 14.3 Å². The molecule has 0 aliphatic rings. The summed E-state index contributed by atoms with van der Waals surface area (Å²) in [5.41, 5.74) is 1.56. The van der Waals surface area contributed by atoms with Crippen LogP contribution < -0.4 is 15.4 Å². The molecule has 0 saturated carbocycles. The maximum Gasteiger partial charge on any atom is 0.233 e. The van der Waals surface area contributed by atoms with E-state index >= 15 is 0 Å². The van der Waals surface area contributed by atoms with Crippen LogP contribution in [0.2, 0.25) is 0 Å². The van der Waals surface area contributed by atoms with Crippen molar-refractivity contribution in [1.82, 2.24) is 14.9 Å². The molecule has 0 fully saturated rings. The fourth-order valence-corrected chi connectivity index (χ4v) is 3.07. The molecular weight excluding hydrogens is 441 g/mol. The molecule has 34 heavy (non-hydrogen) atoms. The standard InChI is InChI=1S/C24H28FN5O4/c1-15(2)30(3)22(32)13-21(31)28-16-5-7-17(8-6-16)29-24-23-19(25)11-18(34-10-9-33-4)12-20(23)26-14-27-24/h5-8,11-12,14-15H,9-10,13H2,1-4H3,(H,28,31)(H,26,27,29). The summed E-state index contributed by atoms with van der Waals surface area (Å²) < 4.78 is 25.2. The van der Waals surface area contributed by atoms with Gasteiger partial charge >= 0.3 is 0 Å². The van der Waals surface area contributed by atoms with E-state index in [0.29, 0.717) is 41.7 Å². The number of carbonyl (C=O) groups is 2. The van der Waals surface area contributed by atoms with Crippen molar-refractivity contribution in [2.75, 3.05) is 38.0 Å². The van der Waals surface area contributed by atoms with Crippen LogP contribution in [0.5, 0.6) is 5.75 Å². The lowest BCUT2D eigenvalue weighted by atomic mass is 10.2. The van der Waals surface area contributed by atoms with Gasteiger partial charge in [0.1, 0.15) is 36.7 Å². The molecule has 1 aromatic heterocycles. The molecule has 0 spiro atoms. The van der Waals surface area contributed by atoms with Crippen molar-refractivity contribution in [3.05, 3.63) is 48.5 Å². The molecule has 2 amide bonds. The summed E-state index contributed by atoms with van der Waals surface area (Å²) >= 11 is 0. The van der Waals surface area contributed by atoms with Crippen LogP contribution in [0.1, 0.15) is 20.3 Å². The maximum atomic E-state index is 14.8. The number of nitrogens with one attached hydrogen (secondary N) is 2. The molecule has 0 aliphatic carbocycles. The van der Waals surface area contributed by atoms with E-state index in [1.54, 1.807) is 44.5 Å². The molecule has 0 atom stereocenters. The van der Waals surface area contributed by atoms with Gasteiger partial charge in [-0.3, -0.25) is 9.59 Å². The lowest BCUT2D eigenvalue weighted by Crippen LogP contribution is -2.35. The van der Waals surface area contributed by atoms with Crippen molar-refractivity contribution < 1.29 is 23.5 Å². The monoisotopic (exact) mass is 469 g/mol. The predicted molar refractivity (Wildman–Crippen MR) is 128 cm³/mol. The fraction of sp³-hybridized carbons (Fsp3) is 0.333. The molecular formula is C24H28FN5O4. The molecule has 0 bridgehead atoms. The van der Waals surface area contributed by atoms with Gasteiger partial charge < -0.3 is 25.0 Å². The molecule has 0 radical (unpaired) electrons. The number of amides is 2. The van der Waals surface area contributed by atoms with E-state index in [-0.39, 0.29) is 23.8 Å². The summed E-state index contributed by atoms with van der Waals surface area (Å²) in [6.45, 7) is 4.44. The van der Waals surface area contributed by atoms with Gasteiger partial charge in [-0.2, -0.15) is 0 Å². The molecule has 10 heteroatoms. The van der Waals surface area contributed by atoms with Crippen molar-refractivity contribution in [2.24, 2.45) is 0 Å². The average molecular weight is 470 g/mol. The molecule has 0 unspecified atom stereocenters. The van der Waals surface area contributed by atoms with Gasteiger partial charge in [0.2, 0.25) is 11.8 Å². The van der Waals surface area contributed by atoms with E-state index in [1.165, 1.54) is 17.3 Å². The zero-order valence-corrected chi connectivity index (χ0v) is 19.6. The van der Waals surface area contributed by atoms with Crippen molar-refractivity contribution in [3.8, 4) is 5.75 Å². The highest BCUT2D eigenvalue weighted by Gasteiger charge is 2.16. The second-order valence-corrected chi connectivity index (χ2v) is 7.89. The zero-order valence-electron chi connectivity index (χ0n) is 19.6. The van der Waals surface area contributed by atoms with Gasteiger partial charge in [-0.25, -0.2) is 14.4 Å². The van der Waals surface area contributed by atoms with Gasteiger partial charge in [0, 0.05) is 43.7 Å². The zero-order chi connectivity index (χ0) is 24.7. The third kappa shape index (κ3) is 6.38. The Bertz CT molecular complexity index is 1150. The number of anilines is 3. The Labute approximate surface area is 197 Å². The van der Waals surface area contributed by atoms with E-state index in [0.717, 1.165) is 0 Å². The molecule has 3 aromatic rings. The van der Waals surface area contributed by atoms with Gasteiger partial charge in [-0.05, 0) is 38.1 Å². The highest BCUT2D eigenvalue weighted by atomic mass is 19.1. The fourth-order valence-electron chi connectivity index (χ4n) is 3.07. The van der Waals surface area contributed by atoms with Crippen LogP contribution in [0, 0.1) is 5.82 Å². The van der Waals surface area contributed by atoms with E-state index < -0.39 is 11.7 Å². The Morgan fingerprint density at radius 2 is 1.79 bits per heavy atom. The van der Waals surface area contributed by atoms with Gasteiger partial charge in [0.25, 0.3) is 0 Å². The molecule has 2 N–H and O–H groups in total. The third-order valence-electron chi connectivity index (χ3n) is 5.13. The number of rotatable bonds is 10. The first-order valence-electron chi connectivity index (χ1n) is 10.8. The van der Waals surface area contributed by atoms with E-state index in [1.807, 2.05) is 13.8 Å². The van der Waals surface area contributed by atoms with Crippen LogP contribution in [0.25, 0.3) is 10.9 Å². The Morgan fingerprint density at radius 1 is 1.09 bits per heavy atom. The summed E-state index contributed by atoms with van der Waals surface area (Å²) in [5, 5.41) is 6.00. The number of benzene rings is 2. The van der Waals surface area contributed by atoms with Crippen LogP contribution in [0.4, 0.5) is 21.6 Å².